The second-order valence-corrected chi connectivity index (χ2v) is 3.39. The third-order valence-corrected chi connectivity index (χ3v) is 2.15. The molecular formula is C10H10FN3O. The standard InChI is InChI=1S/C10H10FN3O/c1-6-3-4-8(11)7(5-6)9-12-10(15)14(2)13-9/h3-5H,1-2H3,(H,12,13,15). The number of aromatic nitrogens is 3. The largest absolute Gasteiger partial charge is 0.343 e. The van der Waals surface area contributed by atoms with Crippen molar-refractivity contribution in [3.05, 3.63) is 40.1 Å². The molecule has 78 valence electrons. The van der Waals surface area contributed by atoms with Crippen LogP contribution in [0.15, 0.2) is 23.0 Å². The SMILES string of the molecule is Cc1ccc(F)c(-c2nn(C)c(=O)[nH]2)c1. The molecule has 0 aliphatic heterocycles. The number of benzene rings is 1. The molecule has 4 nitrogen and oxygen atoms in total. The summed E-state index contributed by atoms with van der Waals surface area (Å²) in [4.78, 5) is 13.6. The van der Waals surface area contributed by atoms with Crippen molar-refractivity contribution in [3.8, 4) is 11.4 Å². The van der Waals surface area contributed by atoms with Crippen LogP contribution in [0.3, 0.4) is 0 Å². The lowest BCUT2D eigenvalue weighted by Crippen LogP contribution is -2.13. The van der Waals surface area contributed by atoms with E-state index in [2.05, 4.69) is 10.1 Å². The fraction of sp³-hybridized carbons (Fsp3) is 0.200. The lowest BCUT2D eigenvalue weighted by atomic mass is 10.1. The zero-order valence-electron chi connectivity index (χ0n) is 8.41. The van der Waals surface area contributed by atoms with Gasteiger partial charge >= 0.3 is 5.69 Å². The Hall–Kier alpha value is -1.91. The Labute approximate surface area is 85.4 Å². The average molecular weight is 207 g/mol. The van der Waals surface area contributed by atoms with Crippen LogP contribution in [0.25, 0.3) is 11.4 Å². The van der Waals surface area contributed by atoms with E-state index in [1.165, 1.54) is 13.1 Å². The summed E-state index contributed by atoms with van der Waals surface area (Å²) in [5.41, 5.74) is 0.872. The molecule has 0 saturated carbocycles. The second kappa shape index (κ2) is 3.34. The van der Waals surface area contributed by atoms with Crippen LogP contribution in [0, 0.1) is 12.7 Å². The van der Waals surface area contributed by atoms with Crippen molar-refractivity contribution in [3.63, 3.8) is 0 Å². The highest BCUT2D eigenvalue weighted by molar-refractivity contribution is 5.56. The number of nitrogens with zero attached hydrogens (tertiary/aromatic N) is 2. The molecule has 0 fully saturated rings. The molecule has 5 heteroatoms. The van der Waals surface area contributed by atoms with Gasteiger partial charge in [-0.15, -0.1) is 5.10 Å². The van der Waals surface area contributed by atoms with Crippen LogP contribution in [-0.2, 0) is 7.05 Å². The van der Waals surface area contributed by atoms with Gasteiger partial charge in [-0.2, -0.15) is 0 Å². The molecule has 0 radical (unpaired) electrons. The van der Waals surface area contributed by atoms with Crippen LogP contribution in [0.4, 0.5) is 4.39 Å². The van der Waals surface area contributed by atoms with Gasteiger partial charge in [0, 0.05) is 7.05 Å². The van der Waals surface area contributed by atoms with Gasteiger partial charge in [0.1, 0.15) is 5.82 Å². The molecule has 0 saturated heterocycles. The number of aromatic amines is 1. The Morgan fingerprint density at radius 2 is 2.20 bits per heavy atom. The highest BCUT2D eigenvalue weighted by Gasteiger charge is 2.09. The number of aryl methyl sites for hydroxylation is 2. The van der Waals surface area contributed by atoms with Gasteiger partial charge in [0.2, 0.25) is 0 Å². The van der Waals surface area contributed by atoms with Crippen LogP contribution in [0.1, 0.15) is 5.56 Å². The molecule has 0 unspecified atom stereocenters. The van der Waals surface area contributed by atoms with E-state index in [1.54, 1.807) is 12.1 Å². The van der Waals surface area contributed by atoms with E-state index in [4.69, 9.17) is 0 Å². The summed E-state index contributed by atoms with van der Waals surface area (Å²) in [6, 6.07) is 4.67. The minimum absolute atomic E-state index is 0.253. The van der Waals surface area contributed by atoms with Gasteiger partial charge in [0.15, 0.2) is 5.82 Å². The predicted octanol–water partition coefficient (Wildman–Crippen LogP) is 1.22. The monoisotopic (exact) mass is 207 g/mol. The Balaban J connectivity index is 2.63. The van der Waals surface area contributed by atoms with Crippen LogP contribution >= 0.6 is 0 Å². The molecule has 0 aliphatic rings. The molecule has 1 heterocycles. The quantitative estimate of drug-likeness (QED) is 0.764. The average Bonchev–Trinajstić information content (AvgIpc) is 2.51. The Morgan fingerprint density at radius 1 is 1.47 bits per heavy atom. The van der Waals surface area contributed by atoms with Gasteiger partial charge in [-0.05, 0) is 19.1 Å². The second-order valence-electron chi connectivity index (χ2n) is 3.39. The maximum atomic E-state index is 13.4. The number of halogens is 1. The highest BCUT2D eigenvalue weighted by Crippen LogP contribution is 2.18. The predicted molar refractivity (Wildman–Crippen MR) is 54.0 cm³/mol. The Kier molecular flexibility index (Phi) is 2.15. The van der Waals surface area contributed by atoms with Gasteiger partial charge < -0.3 is 0 Å². The number of hydrogen-bond donors (Lipinski definition) is 1. The lowest BCUT2D eigenvalue weighted by molar-refractivity contribution is 0.629. The molecule has 15 heavy (non-hydrogen) atoms. The minimum Gasteiger partial charge on any atom is -0.289 e. The first kappa shape index (κ1) is 9.64. The molecule has 0 bridgehead atoms. The minimum atomic E-state index is -0.394. The van der Waals surface area contributed by atoms with Crippen molar-refractivity contribution in [1.29, 1.82) is 0 Å². The van der Waals surface area contributed by atoms with E-state index in [-0.39, 0.29) is 11.5 Å². The van der Waals surface area contributed by atoms with E-state index in [0.717, 1.165) is 10.2 Å². The lowest BCUT2D eigenvalue weighted by Gasteiger charge is -1.99. The van der Waals surface area contributed by atoms with Crippen LogP contribution in [-0.4, -0.2) is 14.8 Å². The molecule has 0 atom stereocenters. The first-order chi connectivity index (χ1) is 7.08. The smallest absolute Gasteiger partial charge is 0.289 e. The summed E-state index contributed by atoms with van der Waals surface area (Å²) in [6.07, 6.45) is 0. The number of rotatable bonds is 1. The normalized spacial score (nSPS) is 10.6. The molecule has 1 aromatic carbocycles. The molecule has 0 amide bonds. The first-order valence-electron chi connectivity index (χ1n) is 4.48. The molecular weight excluding hydrogens is 197 g/mol. The van der Waals surface area contributed by atoms with E-state index >= 15 is 0 Å². The summed E-state index contributed by atoms with van der Waals surface area (Å²) >= 11 is 0. The third kappa shape index (κ3) is 1.68. The highest BCUT2D eigenvalue weighted by atomic mass is 19.1. The van der Waals surface area contributed by atoms with E-state index in [9.17, 15) is 9.18 Å². The molecule has 1 aromatic heterocycles. The maximum absolute atomic E-state index is 13.4. The molecule has 1 N–H and O–H groups in total. The summed E-state index contributed by atoms with van der Waals surface area (Å²) in [6.45, 7) is 1.85. The number of H-pyrrole nitrogens is 1. The van der Waals surface area contributed by atoms with E-state index in [0.29, 0.717) is 5.56 Å². The summed E-state index contributed by atoms with van der Waals surface area (Å²) < 4.78 is 14.6. The van der Waals surface area contributed by atoms with Crippen LogP contribution < -0.4 is 5.69 Å². The Bertz CT molecular complexity index is 556. The zero-order valence-corrected chi connectivity index (χ0v) is 8.41. The maximum Gasteiger partial charge on any atom is 0.343 e. The molecule has 2 rings (SSSR count). The van der Waals surface area contributed by atoms with Gasteiger partial charge in [0.25, 0.3) is 0 Å². The summed E-state index contributed by atoms with van der Waals surface area (Å²) in [5.74, 6) is -0.140. The van der Waals surface area contributed by atoms with Crippen molar-refractivity contribution in [1.82, 2.24) is 14.8 Å². The van der Waals surface area contributed by atoms with Gasteiger partial charge in [0.05, 0.1) is 5.56 Å². The summed E-state index contributed by atoms with van der Waals surface area (Å²) in [5, 5.41) is 3.89. The van der Waals surface area contributed by atoms with Crippen molar-refractivity contribution < 1.29 is 4.39 Å². The van der Waals surface area contributed by atoms with Crippen molar-refractivity contribution >= 4 is 0 Å². The van der Waals surface area contributed by atoms with Crippen molar-refractivity contribution in [2.24, 2.45) is 7.05 Å². The van der Waals surface area contributed by atoms with Crippen molar-refractivity contribution in [2.75, 3.05) is 0 Å². The van der Waals surface area contributed by atoms with Gasteiger partial charge in [-0.1, -0.05) is 11.6 Å². The van der Waals surface area contributed by atoms with E-state index in [1.807, 2.05) is 6.92 Å². The van der Waals surface area contributed by atoms with Crippen molar-refractivity contribution in [2.45, 2.75) is 6.92 Å². The number of hydrogen-bond acceptors (Lipinski definition) is 2. The van der Waals surface area contributed by atoms with Gasteiger partial charge in [-0.3, -0.25) is 4.98 Å². The van der Waals surface area contributed by atoms with Gasteiger partial charge in [-0.25, -0.2) is 13.9 Å². The van der Waals surface area contributed by atoms with E-state index < -0.39 is 5.82 Å². The number of nitrogens with one attached hydrogen (secondary N) is 1. The Morgan fingerprint density at radius 3 is 2.80 bits per heavy atom. The fourth-order valence-corrected chi connectivity index (χ4v) is 1.34. The topological polar surface area (TPSA) is 50.7 Å². The van der Waals surface area contributed by atoms with Crippen LogP contribution in [0.5, 0.6) is 0 Å². The summed E-state index contributed by atoms with van der Waals surface area (Å²) in [7, 11) is 1.51. The zero-order chi connectivity index (χ0) is 11.0. The van der Waals surface area contributed by atoms with Crippen LogP contribution in [0.2, 0.25) is 0 Å². The molecule has 2 aromatic rings. The fourth-order valence-electron chi connectivity index (χ4n) is 1.34. The first-order valence-corrected chi connectivity index (χ1v) is 4.48. The third-order valence-electron chi connectivity index (χ3n) is 2.15. The molecule has 0 spiro atoms. The molecule has 0 aliphatic carbocycles.